The van der Waals surface area contributed by atoms with Gasteiger partial charge in [-0.3, -0.25) is 4.79 Å². The van der Waals surface area contributed by atoms with Crippen molar-refractivity contribution in [3.05, 3.63) is 23.0 Å². The Hall–Kier alpha value is -1.13. The number of aromatic nitrogens is 1. The molecular weight excluding hydrogens is 252 g/mol. The minimum atomic E-state index is -0.0366. The van der Waals surface area contributed by atoms with E-state index < -0.39 is 0 Å². The topological polar surface area (TPSA) is 51.2 Å². The van der Waals surface area contributed by atoms with E-state index in [1.54, 1.807) is 6.20 Å². The van der Waals surface area contributed by atoms with Gasteiger partial charge in [0.1, 0.15) is 5.15 Å². The third-order valence-electron chi connectivity index (χ3n) is 2.99. The van der Waals surface area contributed by atoms with E-state index in [9.17, 15) is 4.79 Å². The first-order valence-electron chi connectivity index (χ1n) is 6.19. The number of anilines is 1. The van der Waals surface area contributed by atoms with Crippen molar-refractivity contribution >= 4 is 23.2 Å². The zero-order chi connectivity index (χ0) is 13.0. The third kappa shape index (κ3) is 3.68. The predicted molar refractivity (Wildman–Crippen MR) is 70.8 cm³/mol. The molecule has 1 aliphatic heterocycles. The fourth-order valence-corrected chi connectivity index (χ4v) is 2.12. The Kier molecular flexibility index (Phi) is 4.55. The lowest BCUT2D eigenvalue weighted by molar-refractivity contribution is -0.119. The van der Waals surface area contributed by atoms with Crippen molar-refractivity contribution in [1.82, 2.24) is 4.98 Å². The van der Waals surface area contributed by atoms with Crippen LogP contribution in [0.1, 0.15) is 31.2 Å². The van der Waals surface area contributed by atoms with Crippen molar-refractivity contribution in [2.45, 2.75) is 38.7 Å². The number of aryl methyl sites for hydroxylation is 1. The number of carbonyl (C=O) groups is 1. The number of amides is 1. The van der Waals surface area contributed by atoms with Crippen molar-refractivity contribution in [3.8, 4) is 0 Å². The van der Waals surface area contributed by atoms with Gasteiger partial charge in [0.25, 0.3) is 0 Å². The monoisotopic (exact) mass is 268 g/mol. The number of nitrogens with zero attached hydrogens (tertiary/aromatic N) is 1. The van der Waals surface area contributed by atoms with Gasteiger partial charge in [0.2, 0.25) is 5.91 Å². The average molecular weight is 269 g/mol. The summed E-state index contributed by atoms with van der Waals surface area (Å²) in [6.07, 6.45) is 5.22. The number of halogens is 1. The third-order valence-corrected chi connectivity index (χ3v) is 3.38. The summed E-state index contributed by atoms with van der Waals surface area (Å²) in [6.45, 7) is 2.62. The molecule has 1 fully saturated rings. The van der Waals surface area contributed by atoms with Crippen molar-refractivity contribution in [3.63, 3.8) is 0 Å². The standard InChI is InChI=1S/C13H17ClN2O2/c1-9-6-10(8-15-13(9)14)16-12(17)7-11-4-2-3-5-18-11/h6,8,11H,2-5,7H2,1H3,(H,16,17). The number of hydrogen-bond donors (Lipinski definition) is 1. The van der Waals surface area contributed by atoms with Crippen molar-refractivity contribution in [2.24, 2.45) is 0 Å². The molecule has 5 heteroatoms. The highest BCUT2D eigenvalue weighted by Crippen LogP contribution is 2.18. The summed E-state index contributed by atoms with van der Waals surface area (Å²) < 4.78 is 5.53. The molecule has 0 bridgehead atoms. The molecule has 1 aliphatic rings. The molecule has 98 valence electrons. The van der Waals surface area contributed by atoms with Crippen molar-refractivity contribution in [1.29, 1.82) is 0 Å². The highest BCUT2D eigenvalue weighted by atomic mass is 35.5. The molecule has 4 nitrogen and oxygen atoms in total. The molecule has 1 aromatic heterocycles. The summed E-state index contributed by atoms with van der Waals surface area (Å²) in [4.78, 5) is 15.8. The van der Waals surface area contributed by atoms with Gasteiger partial charge in [0.05, 0.1) is 24.4 Å². The molecule has 0 saturated carbocycles. The second-order valence-corrected chi connectivity index (χ2v) is 4.93. The van der Waals surface area contributed by atoms with Crippen LogP contribution in [0.15, 0.2) is 12.3 Å². The second-order valence-electron chi connectivity index (χ2n) is 4.57. The summed E-state index contributed by atoms with van der Waals surface area (Å²) in [5.41, 5.74) is 1.53. The van der Waals surface area contributed by atoms with Crippen LogP contribution in [-0.2, 0) is 9.53 Å². The molecule has 1 amide bonds. The van der Waals surface area contributed by atoms with Gasteiger partial charge in [0, 0.05) is 6.61 Å². The SMILES string of the molecule is Cc1cc(NC(=O)CC2CCCCO2)cnc1Cl. The quantitative estimate of drug-likeness (QED) is 0.858. The average Bonchev–Trinajstić information content (AvgIpc) is 2.35. The second kappa shape index (κ2) is 6.16. The van der Waals surface area contributed by atoms with Gasteiger partial charge in [-0.05, 0) is 37.8 Å². The number of ether oxygens (including phenoxy) is 1. The minimum Gasteiger partial charge on any atom is -0.378 e. The number of hydrogen-bond acceptors (Lipinski definition) is 3. The summed E-state index contributed by atoms with van der Waals surface area (Å²) in [7, 11) is 0. The maximum atomic E-state index is 11.8. The fourth-order valence-electron chi connectivity index (χ4n) is 2.01. The molecule has 2 rings (SSSR count). The highest BCUT2D eigenvalue weighted by Gasteiger charge is 2.17. The van der Waals surface area contributed by atoms with E-state index in [2.05, 4.69) is 10.3 Å². The van der Waals surface area contributed by atoms with Gasteiger partial charge < -0.3 is 10.1 Å². The maximum absolute atomic E-state index is 11.8. The molecule has 1 N–H and O–H groups in total. The zero-order valence-corrected chi connectivity index (χ0v) is 11.2. The molecular formula is C13H17ClN2O2. The van der Waals surface area contributed by atoms with E-state index in [1.165, 1.54) is 0 Å². The summed E-state index contributed by atoms with van der Waals surface area (Å²) in [5.74, 6) is -0.0366. The molecule has 0 aromatic carbocycles. The van der Waals surface area contributed by atoms with Crippen LogP contribution >= 0.6 is 11.6 Å². The Morgan fingerprint density at radius 1 is 1.61 bits per heavy atom. The Labute approximate surface area is 112 Å². The predicted octanol–water partition coefficient (Wildman–Crippen LogP) is 2.94. The molecule has 18 heavy (non-hydrogen) atoms. The van der Waals surface area contributed by atoms with Crippen LogP contribution in [0.25, 0.3) is 0 Å². The van der Waals surface area contributed by atoms with Gasteiger partial charge in [-0.15, -0.1) is 0 Å². The molecule has 1 atom stereocenters. The smallest absolute Gasteiger partial charge is 0.227 e. The van der Waals surface area contributed by atoms with Crippen LogP contribution < -0.4 is 5.32 Å². The Morgan fingerprint density at radius 2 is 2.44 bits per heavy atom. The largest absolute Gasteiger partial charge is 0.378 e. The fraction of sp³-hybridized carbons (Fsp3) is 0.538. The summed E-state index contributed by atoms with van der Waals surface area (Å²) in [5, 5.41) is 3.28. The number of pyridine rings is 1. The van der Waals surface area contributed by atoms with E-state index in [1.807, 2.05) is 13.0 Å². The van der Waals surface area contributed by atoms with Crippen LogP contribution in [-0.4, -0.2) is 23.6 Å². The first kappa shape index (κ1) is 13.3. The van der Waals surface area contributed by atoms with Crippen LogP contribution in [0.5, 0.6) is 0 Å². The molecule has 1 saturated heterocycles. The number of rotatable bonds is 3. The van der Waals surface area contributed by atoms with Crippen molar-refractivity contribution in [2.75, 3.05) is 11.9 Å². The normalized spacial score (nSPS) is 19.6. The van der Waals surface area contributed by atoms with E-state index in [4.69, 9.17) is 16.3 Å². The Morgan fingerprint density at radius 3 is 3.11 bits per heavy atom. The molecule has 0 radical (unpaired) electrons. The highest BCUT2D eigenvalue weighted by molar-refractivity contribution is 6.30. The minimum absolute atomic E-state index is 0.0366. The van der Waals surface area contributed by atoms with Crippen LogP contribution in [0.3, 0.4) is 0 Å². The number of carbonyl (C=O) groups excluding carboxylic acids is 1. The number of nitrogens with one attached hydrogen (secondary N) is 1. The van der Waals surface area contributed by atoms with Gasteiger partial charge in [-0.2, -0.15) is 0 Å². The van der Waals surface area contributed by atoms with Crippen LogP contribution in [0.2, 0.25) is 5.15 Å². The summed E-state index contributed by atoms with van der Waals surface area (Å²) in [6, 6.07) is 1.81. The molecule has 1 unspecified atom stereocenters. The van der Waals surface area contributed by atoms with Crippen LogP contribution in [0.4, 0.5) is 5.69 Å². The lowest BCUT2D eigenvalue weighted by Crippen LogP contribution is -2.25. The first-order chi connectivity index (χ1) is 8.65. The maximum Gasteiger partial charge on any atom is 0.227 e. The van der Waals surface area contributed by atoms with Gasteiger partial charge >= 0.3 is 0 Å². The Balaban J connectivity index is 1.88. The molecule has 1 aromatic rings. The van der Waals surface area contributed by atoms with Gasteiger partial charge in [-0.1, -0.05) is 11.6 Å². The van der Waals surface area contributed by atoms with Gasteiger partial charge in [0.15, 0.2) is 0 Å². The zero-order valence-electron chi connectivity index (χ0n) is 10.4. The Bertz CT molecular complexity index is 431. The molecule has 0 spiro atoms. The van der Waals surface area contributed by atoms with E-state index in [0.717, 1.165) is 31.4 Å². The van der Waals surface area contributed by atoms with Gasteiger partial charge in [-0.25, -0.2) is 4.98 Å². The molecule has 0 aliphatic carbocycles. The lowest BCUT2D eigenvalue weighted by Gasteiger charge is -2.21. The lowest BCUT2D eigenvalue weighted by atomic mass is 10.1. The van der Waals surface area contributed by atoms with E-state index in [-0.39, 0.29) is 12.0 Å². The van der Waals surface area contributed by atoms with Crippen LogP contribution in [0, 0.1) is 6.92 Å². The van der Waals surface area contributed by atoms with E-state index >= 15 is 0 Å². The summed E-state index contributed by atoms with van der Waals surface area (Å²) >= 11 is 5.83. The first-order valence-corrected chi connectivity index (χ1v) is 6.56. The molecule has 2 heterocycles. The van der Waals surface area contributed by atoms with Crippen molar-refractivity contribution < 1.29 is 9.53 Å². The van der Waals surface area contributed by atoms with E-state index in [0.29, 0.717) is 17.3 Å².